The summed E-state index contributed by atoms with van der Waals surface area (Å²) < 4.78 is 0. The lowest BCUT2D eigenvalue weighted by Crippen LogP contribution is -2.47. The molecule has 1 aliphatic heterocycles. The van der Waals surface area contributed by atoms with Crippen molar-refractivity contribution in [2.75, 3.05) is 43.4 Å². The Hall–Kier alpha value is -1.07. The van der Waals surface area contributed by atoms with Gasteiger partial charge in [0.2, 0.25) is 5.95 Å². The molecule has 0 bridgehead atoms. The van der Waals surface area contributed by atoms with Gasteiger partial charge in [0.05, 0.1) is 0 Å². The molecule has 2 rings (SSSR count). The molecular formula is C13H22ClN5. The molecule has 5 nitrogen and oxygen atoms in total. The molecule has 0 saturated carbocycles. The van der Waals surface area contributed by atoms with E-state index in [2.05, 4.69) is 33.6 Å². The molecule has 0 atom stereocenters. The first-order chi connectivity index (χ1) is 9.04. The Morgan fingerprint density at radius 1 is 1.26 bits per heavy atom. The lowest BCUT2D eigenvalue weighted by molar-refractivity contribution is 0.243. The van der Waals surface area contributed by atoms with Crippen molar-refractivity contribution in [2.45, 2.75) is 20.3 Å². The quantitative estimate of drug-likeness (QED) is 0.855. The maximum absolute atomic E-state index is 5.91. The van der Waals surface area contributed by atoms with E-state index in [1.54, 1.807) is 6.07 Å². The summed E-state index contributed by atoms with van der Waals surface area (Å²) in [6.07, 6.45) is 1.26. The number of nitrogens with zero attached hydrogens (tertiary/aromatic N) is 4. The minimum absolute atomic E-state index is 0.240. The highest BCUT2D eigenvalue weighted by molar-refractivity contribution is 6.29. The van der Waals surface area contributed by atoms with E-state index >= 15 is 0 Å². The molecule has 0 aliphatic carbocycles. The molecule has 1 saturated heterocycles. The molecule has 106 valence electrons. The molecule has 0 amide bonds. The van der Waals surface area contributed by atoms with Crippen molar-refractivity contribution < 1.29 is 0 Å². The number of piperazine rings is 1. The van der Waals surface area contributed by atoms with Gasteiger partial charge in [0, 0.05) is 32.2 Å². The molecule has 0 aromatic carbocycles. The maximum Gasteiger partial charge on any atom is 0.223 e. The highest BCUT2D eigenvalue weighted by Gasteiger charge is 2.18. The fourth-order valence-electron chi connectivity index (χ4n) is 2.23. The molecule has 1 aliphatic rings. The molecule has 6 heteroatoms. The summed E-state index contributed by atoms with van der Waals surface area (Å²) in [7, 11) is 0. The average Bonchev–Trinajstić information content (AvgIpc) is 2.36. The first-order valence-electron chi connectivity index (χ1n) is 6.82. The summed E-state index contributed by atoms with van der Waals surface area (Å²) in [6, 6.07) is 1.78. The van der Waals surface area contributed by atoms with Crippen molar-refractivity contribution >= 4 is 23.4 Å². The number of halogens is 1. The average molecular weight is 284 g/mol. The molecule has 0 unspecified atom stereocenters. The number of aromatic nitrogens is 2. The molecule has 1 fully saturated rings. The van der Waals surface area contributed by atoms with Crippen LogP contribution in [0.15, 0.2) is 6.07 Å². The second-order valence-corrected chi connectivity index (χ2v) is 5.81. The van der Waals surface area contributed by atoms with Gasteiger partial charge in [-0.05, 0) is 18.9 Å². The Morgan fingerprint density at radius 3 is 2.53 bits per heavy atom. The van der Waals surface area contributed by atoms with Gasteiger partial charge in [-0.25, -0.2) is 4.98 Å². The van der Waals surface area contributed by atoms with Crippen LogP contribution in [0.3, 0.4) is 0 Å². The van der Waals surface area contributed by atoms with Crippen LogP contribution in [0.5, 0.6) is 0 Å². The van der Waals surface area contributed by atoms with E-state index in [1.807, 2.05) is 0 Å². The third kappa shape index (κ3) is 4.21. The monoisotopic (exact) mass is 283 g/mol. The Morgan fingerprint density at radius 2 is 1.95 bits per heavy atom. The zero-order valence-electron chi connectivity index (χ0n) is 11.6. The molecule has 19 heavy (non-hydrogen) atoms. The van der Waals surface area contributed by atoms with E-state index in [9.17, 15) is 0 Å². The Kier molecular flexibility index (Phi) is 4.82. The van der Waals surface area contributed by atoms with Crippen molar-refractivity contribution in [3.05, 3.63) is 11.2 Å². The van der Waals surface area contributed by atoms with E-state index in [1.165, 1.54) is 13.0 Å². The summed E-state index contributed by atoms with van der Waals surface area (Å²) in [6.45, 7) is 9.76. The molecule has 1 aromatic rings. The number of rotatable bonds is 4. The van der Waals surface area contributed by atoms with Gasteiger partial charge >= 0.3 is 0 Å². The summed E-state index contributed by atoms with van der Waals surface area (Å²) in [5.74, 6) is 1.84. The van der Waals surface area contributed by atoms with E-state index in [0.29, 0.717) is 5.15 Å². The number of nitrogens with two attached hydrogens (primary N) is 1. The standard InChI is InChI=1S/C13H22ClN5/c1-10(2)3-4-18-5-7-19(8-6-18)12-9-11(14)16-13(15)17-12/h9-10H,3-8H2,1-2H3,(H2,15,16,17). The van der Waals surface area contributed by atoms with Crippen molar-refractivity contribution in [1.29, 1.82) is 0 Å². The Labute approximate surface area is 119 Å². The fraction of sp³-hybridized carbons (Fsp3) is 0.692. The minimum Gasteiger partial charge on any atom is -0.368 e. The second-order valence-electron chi connectivity index (χ2n) is 5.42. The molecule has 0 spiro atoms. The van der Waals surface area contributed by atoms with Crippen LogP contribution < -0.4 is 10.6 Å². The van der Waals surface area contributed by atoms with Crippen LogP contribution >= 0.6 is 11.6 Å². The maximum atomic E-state index is 5.91. The predicted molar refractivity (Wildman–Crippen MR) is 79.6 cm³/mol. The zero-order chi connectivity index (χ0) is 13.8. The highest BCUT2D eigenvalue weighted by atomic mass is 35.5. The first kappa shape index (κ1) is 14.3. The van der Waals surface area contributed by atoms with Gasteiger partial charge in [0.25, 0.3) is 0 Å². The van der Waals surface area contributed by atoms with Gasteiger partial charge in [-0.1, -0.05) is 25.4 Å². The SMILES string of the molecule is CC(C)CCN1CCN(c2cc(Cl)nc(N)n2)CC1. The van der Waals surface area contributed by atoms with Crippen LogP contribution in [-0.2, 0) is 0 Å². The first-order valence-corrected chi connectivity index (χ1v) is 7.20. The van der Waals surface area contributed by atoms with Gasteiger partial charge in [-0.3, -0.25) is 4.90 Å². The van der Waals surface area contributed by atoms with Gasteiger partial charge in [-0.2, -0.15) is 4.98 Å². The molecule has 2 N–H and O–H groups in total. The number of anilines is 2. The molecular weight excluding hydrogens is 262 g/mol. The largest absolute Gasteiger partial charge is 0.368 e. The lowest BCUT2D eigenvalue weighted by atomic mass is 10.1. The minimum atomic E-state index is 0.240. The predicted octanol–water partition coefficient (Wildman–Crippen LogP) is 1.88. The van der Waals surface area contributed by atoms with Crippen molar-refractivity contribution in [3.8, 4) is 0 Å². The summed E-state index contributed by atoms with van der Waals surface area (Å²) in [5.41, 5.74) is 5.63. The van der Waals surface area contributed by atoms with Crippen LogP contribution in [-0.4, -0.2) is 47.6 Å². The van der Waals surface area contributed by atoms with Crippen LogP contribution in [0, 0.1) is 5.92 Å². The van der Waals surface area contributed by atoms with Gasteiger partial charge in [0.15, 0.2) is 0 Å². The summed E-state index contributed by atoms with van der Waals surface area (Å²) >= 11 is 5.91. The summed E-state index contributed by atoms with van der Waals surface area (Å²) in [4.78, 5) is 12.9. The van der Waals surface area contributed by atoms with Gasteiger partial charge in [-0.15, -0.1) is 0 Å². The van der Waals surface area contributed by atoms with Gasteiger partial charge in [0.1, 0.15) is 11.0 Å². The van der Waals surface area contributed by atoms with E-state index < -0.39 is 0 Å². The summed E-state index contributed by atoms with van der Waals surface area (Å²) in [5, 5.41) is 0.407. The molecule has 2 heterocycles. The van der Waals surface area contributed by atoms with Crippen LogP contribution in [0.1, 0.15) is 20.3 Å². The second kappa shape index (κ2) is 6.39. The highest BCUT2D eigenvalue weighted by Crippen LogP contribution is 2.18. The molecule has 0 radical (unpaired) electrons. The smallest absolute Gasteiger partial charge is 0.223 e. The third-order valence-corrected chi connectivity index (χ3v) is 3.61. The van der Waals surface area contributed by atoms with E-state index in [-0.39, 0.29) is 5.95 Å². The van der Waals surface area contributed by atoms with Gasteiger partial charge < -0.3 is 10.6 Å². The van der Waals surface area contributed by atoms with Crippen molar-refractivity contribution in [2.24, 2.45) is 5.92 Å². The topological polar surface area (TPSA) is 58.3 Å². The number of hydrogen-bond donors (Lipinski definition) is 1. The Balaban J connectivity index is 1.89. The normalized spacial score (nSPS) is 17.2. The van der Waals surface area contributed by atoms with Crippen LogP contribution in [0.4, 0.5) is 11.8 Å². The number of nitrogen functional groups attached to an aromatic ring is 1. The van der Waals surface area contributed by atoms with Crippen molar-refractivity contribution in [1.82, 2.24) is 14.9 Å². The van der Waals surface area contributed by atoms with Crippen LogP contribution in [0.2, 0.25) is 5.15 Å². The fourth-order valence-corrected chi connectivity index (χ4v) is 2.41. The third-order valence-electron chi connectivity index (χ3n) is 3.42. The van der Waals surface area contributed by atoms with Crippen molar-refractivity contribution in [3.63, 3.8) is 0 Å². The van der Waals surface area contributed by atoms with Crippen LogP contribution in [0.25, 0.3) is 0 Å². The zero-order valence-corrected chi connectivity index (χ0v) is 12.4. The Bertz CT molecular complexity index is 395. The van der Waals surface area contributed by atoms with E-state index in [4.69, 9.17) is 17.3 Å². The molecule has 1 aromatic heterocycles. The lowest BCUT2D eigenvalue weighted by Gasteiger charge is -2.35. The number of hydrogen-bond acceptors (Lipinski definition) is 5. The van der Waals surface area contributed by atoms with E-state index in [0.717, 1.165) is 37.9 Å².